The van der Waals surface area contributed by atoms with Crippen LogP contribution in [-0.4, -0.2) is 96.7 Å². The first kappa shape index (κ1) is 87.1. The second-order valence-electron chi connectivity index (χ2n) is 25.5. The van der Waals surface area contributed by atoms with Gasteiger partial charge in [-0.3, -0.25) is 37.3 Å². The standard InChI is InChI=1S/C70H136O17P2/c1-6-10-13-16-19-22-25-27-28-31-34-41-46-51-56-70(75)87-66(60-81-68(73)54-49-44-39-36-35-37-42-47-52-63(5)9-4)62-85-89(78,79)83-58-64(71)57-82-88(76,77)84-61-65(59-80-67(72)53-48-43-38-32-29-24-21-18-15-12-8-3)86-69(74)55-50-45-40-33-30-26-23-20-17-14-11-7-2/h63-66,71H,6-62H2,1-5H3,(H,76,77)(H,78,79)/t63?,64-,65+,66+/m0/s1. The summed E-state index contributed by atoms with van der Waals surface area (Å²) in [6, 6.07) is 0. The number of carbonyl (C=O) groups excluding carboxylic acids is 4. The highest BCUT2D eigenvalue weighted by atomic mass is 31.2. The fourth-order valence-electron chi connectivity index (χ4n) is 10.6. The van der Waals surface area contributed by atoms with Gasteiger partial charge in [0.25, 0.3) is 0 Å². The molecule has 0 saturated heterocycles. The molecule has 3 N–H and O–H groups in total. The Bertz CT molecular complexity index is 1720. The number of unbranched alkanes of at least 4 members (excludes halogenated alkanes) is 41. The molecule has 19 heteroatoms. The summed E-state index contributed by atoms with van der Waals surface area (Å²) >= 11 is 0. The normalized spacial score (nSPS) is 14.4. The lowest BCUT2D eigenvalue weighted by Gasteiger charge is -2.21. The number of carbonyl (C=O) groups is 4. The van der Waals surface area contributed by atoms with Crippen molar-refractivity contribution in [1.29, 1.82) is 0 Å². The van der Waals surface area contributed by atoms with Gasteiger partial charge in [0.05, 0.1) is 26.4 Å². The minimum atomic E-state index is -4.95. The van der Waals surface area contributed by atoms with Crippen molar-refractivity contribution in [2.24, 2.45) is 5.92 Å². The largest absolute Gasteiger partial charge is 0.472 e. The third-order valence-electron chi connectivity index (χ3n) is 16.6. The summed E-state index contributed by atoms with van der Waals surface area (Å²) in [7, 11) is -9.90. The van der Waals surface area contributed by atoms with E-state index in [-0.39, 0.29) is 25.7 Å². The zero-order valence-electron chi connectivity index (χ0n) is 57.6. The van der Waals surface area contributed by atoms with Crippen LogP contribution in [0.3, 0.4) is 0 Å². The highest BCUT2D eigenvalue weighted by molar-refractivity contribution is 7.47. The number of phosphoric acid groups is 2. The number of rotatable bonds is 70. The van der Waals surface area contributed by atoms with Crippen LogP contribution in [0.2, 0.25) is 0 Å². The Kier molecular flexibility index (Phi) is 62.1. The molecule has 0 radical (unpaired) electrons. The molecule has 0 rings (SSSR count). The van der Waals surface area contributed by atoms with E-state index in [1.165, 1.54) is 186 Å². The molecule has 0 aromatic carbocycles. The third kappa shape index (κ3) is 63.2. The number of hydrogen-bond donors (Lipinski definition) is 3. The third-order valence-corrected chi connectivity index (χ3v) is 18.5. The van der Waals surface area contributed by atoms with Crippen LogP contribution in [-0.2, 0) is 65.4 Å². The summed E-state index contributed by atoms with van der Waals surface area (Å²) in [4.78, 5) is 72.5. The Balaban J connectivity index is 5.26. The van der Waals surface area contributed by atoms with Gasteiger partial charge in [-0.05, 0) is 31.6 Å². The topological polar surface area (TPSA) is 237 Å². The summed E-state index contributed by atoms with van der Waals surface area (Å²) < 4.78 is 68.3. The summed E-state index contributed by atoms with van der Waals surface area (Å²) in [5.41, 5.74) is 0. The predicted octanol–water partition coefficient (Wildman–Crippen LogP) is 20.1. The van der Waals surface area contributed by atoms with Crippen molar-refractivity contribution in [3.05, 3.63) is 0 Å². The zero-order valence-corrected chi connectivity index (χ0v) is 59.4. The van der Waals surface area contributed by atoms with Crippen molar-refractivity contribution in [3.8, 4) is 0 Å². The molecule has 0 aliphatic carbocycles. The second-order valence-corrected chi connectivity index (χ2v) is 28.4. The van der Waals surface area contributed by atoms with E-state index in [0.29, 0.717) is 25.7 Å². The molecule has 0 aliphatic rings. The lowest BCUT2D eigenvalue weighted by Crippen LogP contribution is -2.30. The summed E-state index contributed by atoms with van der Waals surface area (Å²) in [5.74, 6) is -1.34. The van der Waals surface area contributed by atoms with Crippen molar-refractivity contribution in [2.45, 2.75) is 380 Å². The molecule has 528 valence electrons. The quantitative estimate of drug-likeness (QED) is 0.0222. The molecule has 3 unspecified atom stereocenters. The molecule has 0 bridgehead atoms. The maximum absolute atomic E-state index is 13.0. The average molecular weight is 1310 g/mol. The van der Waals surface area contributed by atoms with Gasteiger partial charge in [0.15, 0.2) is 12.2 Å². The molecular formula is C70H136O17P2. The Labute approximate surface area is 543 Å². The first-order chi connectivity index (χ1) is 43.1. The van der Waals surface area contributed by atoms with Gasteiger partial charge in [-0.2, -0.15) is 0 Å². The Morgan fingerprint density at radius 3 is 0.798 bits per heavy atom. The molecule has 0 saturated carbocycles. The van der Waals surface area contributed by atoms with Gasteiger partial charge in [-0.25, -0.2) is 9.13 Å². The number of ether oxygens (including phenoxy) is 4. The summed E-state index contributed by atoms with van der Waals surface area (Å²) in [5, 5.41) is 10.6. The number of aliphatic hydroxyl groups excluding tert-OH is 1. The maximum atomic E-state index is 13.0. The van der Waals surface area contributed by atoms with Crippen LogP contribution in [0.15, 0.2) is 0 Å². The molecule has 0 aromatic rings. The lowest BCUT2D eigenvalue weighted by molar-refractivity contribution is -0.161. The van der Waals surface area contributed by atoms with Crippen molar-refractivity contribution in [2.75, 3.05) is 39.6 Å². The second kappa shape index (κ2) is 63.5. The number of esters is 4. The molecule has 0 fully saturated rings. The van der Waals surface area contributed by atoms with E-state index in [1.807, 2.05) is 0 Å². The van der Waals surface area contributed by atoms with Gasteiger partial charge in [0, 0.05) is 25.7 Å². The van der Waals surface area contributed by atoms with Crippen LogP contribution >= 0.6 is 15.6 Å². The van der Waals surface area contributed by atoms with Crippen LogP contribution in [0.1, 0.15) is 362 Å². The van der Waals surface area contributed by atoms with Gasteiger partial charge >= 0.3 is 39.5 Å². The van der Waals surface area contributed by atoms with E-state index in [4.69, 9.17) is 37.0 Å². The molecule has 0 aliphatic heterocycles. The molecular weight excluding hydrogens is 1170 g/mol. The predicted molar refractivity (Wildman–Crippen MR) is 358 cm³/mol. The van der Waals surface area contributed by atoms with E-state index in [9.17, 15) is 43.2 Å². The SMILES string of the molecule is CCCCCCCCCCCCCCCCC(=O)O[C@H](COC(=O)CCCCCCCCCCC(C)CC)COP(=O)(O)OC[C@@H](O)COP(=O)(O)OC[C@@H](COC(=O)CCCCCCCCCCCCC)OC(=O)CCCCCCCCCCCCCC. The minimum absolute atomic E-state index is 0.108. The minimum Gasteiger partial charge on any atom is -0.462 e. The van der Waals surface area contributed by atoms with E-state index < -0.39 is 97.5 Å². The van der Waals surface area contributed by atoms with Crippen LogP contribution in [0, 0.1) is 5.92 Å². The molecule has 89 heavy (non-hydrogen) atoms. The zero-order chi connectivity index (χ0) is 65.6. The monoisotopic (exact) mass is 1310 g/mol. The summed E-state index contributed by atoms with van der Waals surface area (Å²) in [6.07, 6.45) is 49.7. The van der Waals surface area contributed by atoms with Crippen molar-refractivity contribution < 1.29 is 80.2 Å². The smallest absolute Gasteiger partial charge is 0.462 e. The number of aliphatic hydroxyl groups is 1. The molecule has 0 amide bonds. The first-order valence-corrected chi connectivity index (χ1v) is 39.7. The van der Waals surface area contributed by atoms with E-state index in [0.717, 1.165) is 95.8 Å². The highest BCUT2D eigenvalue weighted by Crippen LogP contribution is 2.45. The van der Waals surface area contributed by atoms with E-state index >= 15 is 0 Å². The van der Waals surface area contributed by atoms with Gasteiger partial charge in [0.1, 0.15) is 19.3 Å². The van der Waals surface area contributed by atoms with Gasteiger partial charge in [-0.15, -0.1) is 0 Å². The van der Waals surface area contributed by atoms with Gasteiger partial charge in [0.2, 0.25) is 0 Å². The molecule has 0 heterocycles. The maximum Gasteiger partial charge on any atom is 0.472 e. The van der Waals surface area contributed by atoms with Gasteiger partial charge < -0.3 is 33.8 Å². The van der Waals surface area contributed by atoms with E-state index in [2.05, 4.69) is 34.6 Å². The molecule has 17 nitrogen and oxygen atoms in total. The Morgan fingerprint density at radius 1 is 0.315 bits per heavy atom. The van der Waals surface area contributed by atoms with Crippen molar-refractivity contribution >= 4 is 39.5 Å². The van der Waals surface area contributed by atoms with Crippen LogP contribution in [0.4, 0.5) is 0 Å². The van der Waals surface area contributed by atoms with Crippen LogP contribution < -0.4 is 0 Å². The Hall–Kier alpha value is -1.94. The Morgan fingerprint density at radius 2 is 0.539 bits per heavy atom. The van der Waals surface area contributed by atoms with Gasteiger partial charge in [-0.1, -0.05) is 311 Å². The van der Waals surface area contributed by atoms with Crippen molar-refractivity contribution in [3.63, 3.8) is 0 Å². The summed E-state index contributed by atoms with van der Waals surface area (Å²) in [6.45, 7) is 7.25. The van der Waals surface area contributed by atoms with Crippen molar-refractivity contribution in [1.82, 2.24) is 0 Å². The fraction of sp³-hybridized carbons (Fsp3) is 0.943. The first-order valence-electron chi connectivity index (χ1n) is 36.7. The van der Waals surface area contributed by atoms with Crippen LogP contribution in [0.25, 0.3) is 0 Å². The molecule has 0 aromatic heterocycles. The molecule has 6 atom stereocenters. The average Bonchev–Trinajstić information content (AvgIpc) is 3.73. The number of hydrogen-bond acceptors (Lipinski definition) is 15. The fourth-order valence-corrected chi connectivity index (χ4v) is 12.2. The number of phosphoric ester groups is 2. The highest BCUT2D eigenvalue weighted by Gasteiger charge is 2.30. The molecule has 0 spiro atoms. The van der Waals surface area contributed by atoms with Crippen LogP contribution in [0.5, 0.6) is 0 Å². The lowest BCUT2D eigenvalue weighted by atomic mass is 9.99. The van der Waals surface area contributed by atoms with E-state index in [1.54, 1.807) is 0 Å².